The zero-order valence-corrected chi connectivity index (χ0v) is 12.1. The van der Waals surface area contributed by atoms with Crippen molar-refractivity contribution in [1.29, 1.82) is 0 Å². The van der Waals surface area contributed by atoms with Crippen LogP contribution in [0.5, 0.6) is 0 Å². The van der Waals surface area contributed by atoms with Crippen LogP contribution in [0.4, 0.5) is 0 Å². The summed E-state index contributed by atoms with van der Waals surface area (Å²) < 4.78 is 27.1. The molecular weight excluding hydrogens is 256 g/mol. The fourth-order valence-corrected chi connectivity index (χ4v) is 4.02. The number of rotatable bonds is 4. The first-order valence-corrected chi connectivity index (χ1v) is 7.57. The summed E-state index contributed by atoms with van der Waals surface area (Å²) in [5.41, 5.74) is 0. The summed E-state index contributed by atoms with van der Waals surface area (Å²) in [4.78, 5) is 11.3. The van der Waals surface area contributed by atoms with Crippen LogP contribution in [0.1, 0.15) is 33.6 Å². The zero-order valence-electron chi connectivity index (χ0n) is 11.3. The molecule has 0 bridgehead atoms. The van der Waals surface area contributed by atoms with Crippen molar-refractivity contribution in [3.05, 3.63) is 0 Å². The van der Waals surface area contributed by atoms with Gasteiger partial charge in [0.15, 0.2) is 0 Å². The minimum Gasteiger partial charge on any atom is -0.480 e. The zero-order chi connectivity index (χ0) is 14.1. The van der Waals surface area contributed by atoms with Crippen LogP contribution in [0.15, 0.2) is 0 Å². The van der Waals surface area contributed by atoms with Gasteiger partial charge in [0.1, 0.15) is 6.04 Å². The van der Waals surface area contributed by atoms with Gasteiger partial charge in [-0.1, -0.05) is 6.92 Å². The van der Waals surface area contributed by atoms with Crippen LogP contribution in [-0.2, 0) is 15.0 Å². The van der Waals surface area contributed by atoms with E-state index in [1.807, 2.05) is 0 Å². The van der Waals surface area contributed by atoms with Crippen molar-refractivity contribution in [1.82, 2.24) is 8.61 Å². The molecule has 0 spiro atoms. The van der Waals surface area contributed by atoms with E-state index in [1.165, 1.54) is 11.4 Å². The molecule has 1 fully saturated rings. The van der Waals surface area contributed by atoms with Gasteiger partial charge in [0, 0.05) is 19.6 Å². The van der Waals surface area contributed by atoms with Crippen molar-refractivity contribution < 1.29 is 18.3 Å². The molecule has 0 amide bonds. The van der Waals surface area contributed by atoms with Gasteiger partial charge >= 0.3 is 5.97 Å². The van der Waals surface area contributed by atoms with E-state index in [1.54, 1.807) is 20.8 Å². The molecule has 1 rings (SSSR count). The highest BCUT2D eigenvalue weighted by atomic mass is 32.2. The Morgan fingerprint density at radius 2 is 2.00 bits per heavy atom. The average molecular weight is 278 g/mol. The Labute approximate surface area is 109 Å². The maximum Gasteiger partial charge on any atom is 0.322 e. The van der Waals surface area contributed by atoms with E-state index in [9.17, 15) is 18.3 Å². The molecule has 7 heteroatoms. The summed E-state index contributed by atoms with van der Waals surface area (Å²) in [6, 6.07) is -1.15. The summed E-state index contributed by atoms with van der Waals surface area (Å²) in [6.45, 7) is 5.60. The van der Waals surface area contributed by atoms with Gasteiger partial charge in [-0.3, -0.25) is 4.79 Å². The van der Waals surface area contributed by atoms with Crippen molar-refractivity contribution in [2.24, 2.45) is 5.92 Å². The van der Waals surface area contributed by atoms with E-state index in [-0.39, 0.29) is 18.5 Å². The number of carboxylic acids is 1. The molecule has 1 aliphatic rings. The average Bonchev–Trinajstić information content (AvgIpc) is 2.26. The molecule has 1 heterocycles. The van der Waals surface area contributed by atoms with E-state index in [2.05, 4.69) is 0 Å². The third-order valence-electron chi connectivity index (χ3n) is 3.53. The number of carboxylic acid groups (broad SMARTS) is 1. The summed E-state index contributed by atoms with van der Waals surface area (Å²) in [5, 5.41) is 9.24. The molecule has 1 aliphatic heterocycles. The van der Waals surface area contributed by atoms with Crippen LogP contribution in [0.25, 0.3) is 0 Å². The first-order chi connectivity index (χ1) is 8.19. The molecule has 6 nitrogen and oxygen atoms in total. The lowest BCUT2D eigenvalue weighted by molar-refractivity contribution is -0.144. The Bertz CT molecular complexity index is 407. The van der Waals surface area contributed by atoms with E-state index in [4.69, 9.17) is 0 Å². The topological polar surface area (TPSA) is 77.9 Å². The molecule has 1 saturated heterocycles. The van der Waals surface area contributed by atoms with Gasteiger partial charge in [-0.05, 0) is 32.6 Å². The van der Waals surface area contributed by atoms with Crippen LogP contribution < -0.4 is 0 Å². The highest BCUT2D eigenvalue weighted by Crippen LogP contribution is 2.27. The smallest absolute Gasteiger partial charge is 0.322 e. The molecule has 2 unspecified atom stereocenters. The second kappa shape index (κ2) is 5.54. The van der Waals surface area contributed by atoms with Gasteiger partial charge in [-0.25, -0.2) is 0 Å². The quantitative estimate of drug-likeness (QED) is 0.823. The van der Waals surface area contributed by atoms with Crippen molar-refractivity contribution >= 4 is 16.2 Å². The molecule has 0 saturated carbocycles. The molecule has 18 heavy (non-hydrogen) atoms. The number of hydrogen-bond acceptors (Lipinski definition) is 3. The predicted molar refractivity (Wildman–Crippen MR) is 68.3 cm³/mol. The predicted octanol–water partition coefficient (Wildman–Crippen LogP) is 0.756. The van der Waals surface area contributed by atoms with Crippen LogP contribution in [0.2, 0.25) is 0 Å². The molecule has 0 aromatic heterocycles. The number of aliphatic carboxylic acids is 1. The van der Waals surface area contributed by atoms with Gasteiger partial charge in [0.2, 0.25) is 0 Å². The largest absolute Gasteiger partial charge is 0.480 e. The maximum absolute atomic E-state index is 12.4. The highest BCUT2D eigenvalue weighted by molar-refractivity contribution is 7.86. The number of carbonyl (C=O) groups is 1. The van der Waals surface area contributed by atoms with Crippen molar-refractivity contribution in [2.45, 2.75) is 45.7 Å². The Kier molecular flexibility index (Phi) is 4.74. The number of hydrogen-bond donors (Lipinski definition) is 1. The van der Waals surface area contributed by atoms with Crippen molar-refractivity contribution in [3.63, 3.8) is 0 Å². The van der Waals surface area contributed by atoms with Gasteiger partial charge < -0.3 is 5.11 Å². The van der Waals surface area contributed by atoms with E-state index >= 15 is 0 Å². The van der Waals surface area contributed by atoms with Crippen LogP contribution in [-0.4, -0.2) is 53.8 Å². The van der Waals surface area contributed by atoms with Crippen LogP contribution in [0, 0.1) is 5.92 Å². The molecule has 1 N–H and O–H groups in total. The van der Waals surface area contributed by atoms with Gasteiger partial charge in [0.25, 0.3) is 10.2 Å². The summed E-state index contributed by atoms with van der Waals surface area (Å²) in [6.07, 6.45) is 1.45. The summed E-state index contributed by atoms with van der Waals surface area (Å²) in [7, 11) is -2.22. The van der Waals surface area contributed by atoms with Gasteiger partial charge in [-0.15, -0.1) is 0 Å². The molecular formula is C11H22N2O4S. The van der Waals surface area contributed by atoms with Crippen LogP contribution in [0.3, 0.4) is 0 Å². The first kappa shape index (κ1) is 15.4. The van der Waals surface area contributed by atoms with Crippen molar-refractivity contribution in [2.75, 3.05) is 13.6 Å². The molecule has 0 radical (unpaired) electrons. The monoisotopic (exact) mass is 278 g/mol. The fraction of sp³-hybridized carbons (Fsp3) is 0.909. The fourth-order valence-electron chi connectivity index (χ4n) is 2.21. The number of piperidine rings is 1. The Morgan fingerprint density at radius 3 is 2.44 bits per heavy atom. The van der Waals surface area contributed by atoms with Gasteiger partial charge in [-0.2, -0.15) is 17.0 Å². The molecule has 0 aromatic carbocycles. The third-order valence-corrected chi connectivity index (χ3v) is 5.68. The first-order valence-electron chi connectivity index (χ1n) is 6.17. The van der Waals surface area contributed by atoms with E-state index in [0.717, 1.165) is 10.7 Å². The lowest BCUT2D eigenvalue weighted by atomic mass is 9.93. The molecule has 106 valence electrons. The Hall–Kier alpha value is -0.660. The lowest BCUT2D eigenvalue weighted by Crippen LogP contribution is -2.56. The minimum absolute atomic E-state index is 0.161. The molecule has 0 aliphatic carbocycles. The van der Waals surface area contributed by atoms with E-state index in [0.29, 0.717) is 6.42 Å². The highest BCUT2D eigenvalue weighted by Gasteiger charge is 2.42. The van der Waals surface area contributed by atoms with Crippen LogP contribution >= 0.6 is 0 Å². The van der Waals surface area contributed by atoms with E-state index < -0.39 is 22.2 Å². The maximum atomic E-state index is 12.4. The second-order valence-electron chi connectivity index (χ2n) is 5.13. The lowest BCUT2D eigenvalue weighted by Gasteiger charge is -2.39. The number of nitrogens with zero attached hydrogens (tertiary/aromatic N) is 2. The van der Waals surface area contributed by atoms with Crippen molar-refractivity contribution in [3.8, 4) is 0 Å². The molecule has 2 atom stereocenters. The summed E-state index contributed by atoms with van der Waals surface area (Å²) in [5.74, 6) is -1.23. The van der Waals surface area contributed by atoms with Gasteiger partial charge in [0.05, 0.1) is 0 Å². The summed E-state index contributed by atoms with van der Waals surface area (Å²) >= 11 is 0. The Morgan fingerprint density at radius 1 is 1.44 bits per heavy atom. The standard InChI is InChI=1S/C11H22N2O4S/c1-8(2)12(4)18(16,17)13-7-5-6-9(3)10(13)11(14)15/h8-10H,5-7H2,1-4H3,(H,14,15). The minimum atomic E-state index is -3.70. The normalized spacial score (nSPS) is 26.8. The Balaban J connectivity index is 3.08. The molecule has 0 aromatic rings. The SMILES string of the molecule is CC1CCCN(S(=O)(=O)N(C)C(C)C)C1C(=O)O. The second-order valence-corrected chi connectivity index (χ2v) is 7.07. The third kappa shape index (κ3) is 2.84.